The summed E-state index contributed by atoms with van der Waals surface area (Å²) in [4.78, 5) is 10.9. The first-order chi connectivity index (χ1) is 5.20. The minimum Gasteiger partial charge on any atom is -0.393 e. The zero-order valence-corrected chi connectivity index (χ0v) is 8.50. The smallest absolute Gasteiger partial charge is 0.199 e. The average molecular weight is 194 g/mol. The normalized spacial score (nSPS) is 13.0. The molecule has 11 heavy (non-hydrogen) atoms. The topological polar surface area (TPSA) is 37.3 Å². The van der Waals surface area contributed by atoms with Crippen molar-refractivity contribution in [3.63, 3.8) is 0 Å². The van der Waals surface area contributed by atoms with E-state index in [4.69, 9.17) is 5.11 Å². The second kappa shape index (κ2) is 7.00. The van der Waals surface area contributed by atoms with Gasteiger partial charge in [-0.15, -0.1) is 0 Å². The van der Waals surface area contributed by atoms with E-state index in [1.165, 1.54) is 21.6 Å². The van der Waals surface area contributed by atoms with Crippen LogP contribution < -0.4 is 0 Å². The quantitative estimate of drug-likeness (QED) is 0.680. The van der Waals surface area contributed by atoms with Crippen LogP contribution in [-0.2, 0) is 4.79 Å². The molecule has 1 atom stereocenters. The highest BCUT2D eigenvalue weighted by molar-refractivity contribution is 8.82. The third kappa shape index (κ3) is 6.72. The Bertz CT molecular complexity index is 117. The van der Waals surface area contributed by atoms with Gasteiger partial charge in [-0.2, -0.15) is 0 Å². The van der Waals surface area contributed by atoms with Crippen molar-refractivity contribution in [2.45, 2.75) is 32.3 Å². The number of hydrogen-bond acceptors (Lipinski definition) is 4. The number of carbonyl (C=O) groups is 1. The highest BCUT2D eigenvalue weighted by Gasteiger charge is 2.05. The Morgan fingerprint density at radius 3 is 2.73 bits per heavy atom. The second-order valence-corrected chi connectivity index (χ2v) is 4.68. The van der Waals surface area contributed by atoms with Gasteiger partial charge in [0.15, 0.2) is 5.12 Å². The first kappa shape index (κ1) is 11.3. The predicted molar refractivity (Wildman–Crippen MR) is 51.6 cm³/mol. The van der Waals surface area contributed by atoms with Gasteiger partial charge in [0, 0.05) is 6.42 Å². The molecule has 66 valence electrons. The molecule has 1 N–H and O–H groups in total. The van der Waals surface area contributed by atoms with Gasteiger partial charge < -0.3 is 5.11 Å². The molecule has 1 unspecified atom stereocenters. The van der Waals surface area contributed by atoms with E-state index in [9.17, 15) is 4.79 Å². The molecule has 0 saturated carbocycles. The zero-order chi connectivity index (χ0) is 8.69. The largest absolute Gasteiger partial charge is 0.393 e. The van der Waals surface area contributed by atoms with E-state index in [0.717, 1.165) is 6.42 Å². The molecular weight excluding hydrogens is 180 g/mol. The van der Waals surface area contributed by atoms with Crippen molar-refractivity contribution in [2.24, 2.45) is 0 Å². The number of hydrogen-bond donors (Lipinski definition) is 1. The maximum absolute atomic E-state index is 10.9. The van der Waals surface area contributed by atoms with Crippen LogP contribution >= 0.6 is 21.6 Å². The summed E-state index contributed by atoms with van der Waals surface area (Å²) in [6.07, 6.45) is 3.39. The summed E-state index contributed by atoms with van der Waals surface area (Å²) in [6.45, 7) is 1.91. The summed E-state index contributed by atoms with van der Waals surface area (Å²) in [5.41, 5.74) is 0. The molecule has 2 nitrogen and oxygen atoms in total. The molecule has 0 radical (unpaired) electrons. The van der Waals surface area contributed by atoms with Crippen molar-refractivity contribution in [2.75, 3.05) is 6.26 Å². The van der Waals surface area contributed by atoms with Crippen LogP contribution in [0.25, 0.3) is 0 Å². The van der Waals surface area contributed by atoms with Crippen LogP contribution in [0.3, 0.4) is 0 Å². The summed E-state index contributed by atoms with van der Waals surface area (Å²) in [5, 5.41) is 9.26. The monoisotopic (exact) mass is 194 g/mol. The van der Waals surface area contributed by atoms with E-state index in [0.29, 0.717) is 12.8 Å². The molecular formula is C7H14O2S2. The van der Waals surface area contributed by atoms with E-state index in [-0.39, 0.29) is 11.2 Å². The van der Waals surface area contributed by atoms with Crippen LogP contribution in [0, 0.1) is 0 Å². The number of aliphatic hydroxyl groups excluding tert-OH is 1. The third-order valence-corrected chi connectivity index (χ3v) is 2.94. The van der Waals surface area contributed by atoms with E-state index in [1.807, 2.05) is 13.2 Å². The van der Waals surface area contributed by atoms with Crippen molar-refractivity contribution in [3.8, 4) is 0 Å². The lowest BCUT2D eigenvalue weighted by Gasteiger charge is -2.04. The van der Waals surface area contributed by atoms with Crippen LogP contribution in [0.2, 0.25) is 0 Å². The maximum Gasteiger partial charge on any atom is 0.199 e. The zero-order valence-electron chi connectivity index (χ0n) is 6.87. The van der Waals surface area contributed by atoms with Crippen LogP contribution in [-0.4, -0.2) is 22.6 Å². The standard InChI is InChI=1S/C7H14O2S2/c1-3-6(8)4-5-7(9)11-10-2/h6,8H,3-5H2,1-2H3. The van der Waals surface area contributed by atoms with Gasteiger partial charge in [0.25, 0.3) is 0 Å². The fourth-order valence-corrected chi connectivity index (χ4v) is 1.82. The summed E-state index contributed by atoms with van der Waals surface area (Å²) in [6, 6.07) is 0. The summed E-state index contributed by atoms with van der Waals surface area (Å²) >= 11 is 0. The first-order valence-corrected chi connectivity index (χ1v) is 6.18. The third-order valence-electron chi connectivity index (χ3n) is 1.33. The highest BCUT2D eigenvalue weighted by Crippen LogP contribution is 2.20. The second-order valence-electron chi connectivity index (χ2n) is 2.22. The van der Waals surface area contributed by atoms with Crippen molar-refractivity contribution in [3.05, 3.63) is 0 Å². The van der Waals surface area contributed by atoms with Gasteiger partial charge in [0.2, 0.25) is 0 Å². The molecule has 0 aromatic rings. The summed E-state index contributed by atoms with van der Waals surface area (Å²) in [7, 11) is 2.70. The van der Waals surface area contributed by atoms with Gasteiger partial charge in [0.1, 0.15) is 0 Å². The Balaban J connectivity index is 3.30. The van der Waals surface area contributed by atoms with E-state index >= 15 is 0 Å². The lowest BCUT2D eigenvalue weighted by molar-refractivity contribution is -0.111. The lowest BCUT2D eigenvalue weighted by atomic mass is 10.2. The summed E-state index contributed by atoms with van der Waals surface area (Å²) in [5.74, 6) is 0. The molecule has 0 aliphatic rings. The van der Waals surface area contributed by atoms with Gasteiger partial charge in [-0.05, 0) is 29.9 Å². The molecule has 0 bridgehead atoms. The van der Waals surface area contributed by atoms with Crippen LogP contribution in [0.15, 0.2) is 0 Å². The van der Waals surface area contributed by atoms with E-state index < -0.39 is 0 Å². The first-order valence-electron chi connectivity index (χ1n) is 3.62. The van der Waals surface area contributed by atoms with Gasteiger partial charge in [-0.25, -0.2) is 0 Å². The van der Waals surface area contributed by atoms with Crippen LogP contribution in [0.1, 0.15) is 26.2 Å². The summed E-state index contributed by atoms with van der Waals surface area (Å²) < 4.78 is 0. The Morgan fingerprint density at radius 1 is 1.64 bits per heavy atom. The molecule has 0 heterocycles. The van der Waals surface area contributed by atoms with Crippen molar-refractivity contribution in [1.82, 2.24) is 0 Å². The van der Waals surface area contributed by atoms with Gasteiger partial charge in [0.05, 0.1) is 6.10 Å². The minimum absolute atomic E-state index is 0.157. The van der Waals surface area contributed by atoms with Gasteiger partial charge in [-0.1, -0.05) is 17.7 Å². The molecule has 4 heteroatoms. The highest BCUT2D eigenvalue weighted by atomic mass is 33.1. The maximum atomic E-state index is 10.9. The fourth-order valence-electron chi connectivity index (χ4n) is 0.623. The Hall–Kier alpha value is 0.330. The van der Waals surface area contributed by atoms with Crippen molar-refractivity contribution >= 4 is 26.7 Å². The molecule has 0 aromatic heterocycles. The predicted octanol–water partition coefficient (Wildman–Crippen LogP) is 2.08. The van der Waals surface area contributed by atoms with Gasteiger partial charge in [-0.3, -0.25) is 4.79 Å². The molecule has 0 saturated heterocycles. The van der Waals surface area contributed by atoms with E-state index in [2.05, 4.69) is 0 Å². The van der Waals surface area contributed by atoms with Crippen LogP contribution in [0.4, 0.5) is 0 Å². The van der Waals surface area contributed by atoms with Crippen molar-refractivity contribution < 1.29 is 9.90 Å². The SMILES string of the molecule is CCC(O)CCC(=O)SSC. The lowest BCUT2D eigenvalue weighted by Crippen LogP contribution is -2.05. The molecule has 0 fully saturated rings. The number of carbonyl (C=O) groups excluding carboxylic acids is 1. The average Bonchev–Trinajstić information content (AvgIpc) is 2.01. The molecule has 0 aromatic carbocycles. The molecule has 0 spiro atoms. The Labute approximate surface area is 75.5 Å². The Morgan fingerprint density at radius 2 is 2.27 bits per heavy atom. The minimum atomic E-state index is -0.304. The molecule has 0 aliphatic carbocycles. The van der Waals surface area contributed by atoms with Crippen LogP contribution in [0.5, 0.6) is 0 Å². The van der Waals surface area contributed by atoms with Crippen molar-refractivity contribution in [1.29, 1.82) is 0 Å². The van der Waals surface area contributed by atoms with E-state index in [1.54, 1.807) is 0 Å². The number of aliphatic hydroxyl groups is 1. The molecule has 0 rings (SSSR count). The van der Waals surface area contributed by atoms with Gasteiger partial charge >= 0.3 is 0 Å². The Kier molecular flexibility index (Phi) is 7.22. The fraction of sp³-hybridized carbons (Fsp3) is 0.857. The molecule has 0 aliphatic heterocycles. The molecule has 0 amide bonds. The number of rotatable bonds is 5.